The van der Waals surface area contributed by atoms with E-state index in [0.717, 1.165) is 19.4 Å². The molecular weight excluding hydrogens is 204 g/mol. The molecule has 0 aromatic heterocycles. The van der Waals surface area contributed by atoms with Crippen molar-refractivity contribution in [2.45, 2.75) is 58.2 Å². The number of piperidine rings is 1. The van der Waals surface area contributed by atoms with E-state index in [1.54, 1.807) is 4.90 Å². The van der Waals surface area contributed by atoms with Crippen molar-refractivity contribution in [3.63, 3.8) is 0 Å². The Balaban J connectivity index is 2.55. The fourth-order valence-corrected chi connectivity index (χ4v) is 2.03. The molecule has 16 heavy (non-hydrogen) atoms. The van der Waals surface area contributed by atoms with Crippen molar-refractivity contribution in [2.75, 3.05) is 13.6 Å². The first kappa shape index (κ1) is 13.3. The molecule has 94 valence electrons. The first-order chi connectivity index (χ1) is 7.31. The van der Waals surface area contributed by atoms with Gasteiger partial charge in [0.15, 0.2) is 0 Å². The molecular formula is C12H24N2O2. The number of amides is 1. The summed E-state index contributed by atoms with van der Waals surface area (Å²) >= 11 is 0. The summed E-state index contributed by atoms with van der Waals surface area (Å²) in [6, 6.07) is 0.579. The minimum absolute atomic E-state index is 0.229. The van der Waals surface area contributed by atoms with Gasteiger partial charge in [0.05, 0.1) is 0 Å². The molecule has 1 amide bonds. The molecule has 1 saturated heterocycles. The zero-order chi connectivity index (χ0) is 12.3. The lowest BCUT2D eigenvalue weighted by Gasteiger charge is -2.37. The molecule has 0 aliphatic carbocycles. The lowest BCUT2D eigenvalue weighted by Crippen LogP contribution is -2.53. The van der Waals surface area contributed by atoms with Gasteiger partial charge in [-0.15, -0.1) is 0 Å². The molecule has 1 rings (SSSR count). The predicted octanol–water partition coefficient (Wildman–Crippen LogP) is 1.99. The van der Waals surface area contributed by atoms with E-state index in [0.29, 0.717) is 6.04 Å². The van der Waals surface area contributed by atoms with Crippen molar-refractivity contribution >= 4 is 6.09 Å². The van der Waals surface area contributed by atoms with Gasteiger partial charge in [-0.2, -0.15) is 0 Å². The Kier molecular flexibility index (Phi) is 4.19. The fourth-order valence-electron chi connectivity index (χ4n) is 2.03. The minimum Gasteiger partial charge on any atom is -0.444 e. The number of nitrogens with one attached hydrogen (secondary N) is 1. The summed E-state index contributed by atoms with van der Waals surface area (Å²) in [6.45, 7) is 8.83. The Morgan fingerprint density at radius 2 is 2.06 bits per heavy atom. The molecule has 4 nitrogen and oxygen atoms in total. The number of rotatable bonds is 1. The Morgan fingerprint density at radius 1 is 1.44 bits per heavy atom. The van der Waals surface area contributed by atoms with Crippen LogP contribution in [0.4, 0.5) is 4.79 Å². The molecule has 0 spiro atoms. The molecule has 1 heterocycles. The molecule has 0 radical (unpaired) electrons. The van der Waals surface area contributed by atoms with Crippen LogP contribution in [0.5, 0.6) is 0 Å². The Bertz CT molecular complexity index is 248. The summed E-state index contributed by atoms with van der Waals surface area (Å²) in [5, 5.41) is 3.38. The zero-order valence-corrected chi connectivity index (χ0v) is 11.0. The van der Waals surface area contributed by atoms with Crippen LogP contribution in [0.3, 0.4) is 0 Å². The second-order valence-corrected chi connectivity index (χ2v) is 5.54. The van der Waals surface area contributed by atoms with Crippen LogP contribution >= 0.6 is 0 Å². The van der Waals surface area contributed by atoms with Crippen LogP contribution in [0, 0.1) is 0 Å². The summed E-state index contributed by atoms with van der Waals surface area (Å²) in [6.07, 6.45) is 1.93. The molecule has 0 bridgehead atoms. The zero-order valence-electron chi connectivity index (χ0n) is 11.0. The van der Waals surface area contributed by atoms with Crippen molar-refractivity contribution < 1.29 is 9.53 Å². The van der Waals surface area contributed by atoms with Crippen molar-refractivity contribution in [1.82, 2.24) is 10.2 Å². The lowest BCUT2D eigenvalue weighted by atomic mass is 9.99. The highest BCUT2D eigenvalue weighted by Gasteiger charge is 2.30. The summed E-state index contributed by atoms with van der Waals surface area (Å²) in [5.74, 6) is 0. The van der Waals surface area contributed by atoms with Gasteiger partial charge in [-0.1, -0.05) is 0 Å². The molecule has 2 atom stereocenters. The Morgan fingerprint density at radius 3 is 2.56 bits per heavy atom. The van der Waals surface area contributed by atoms with Crippen LogP contribution in [0.2, 0.25) is 0 Å². The van der Waals surface area contributed by atoms with Crippen molar-refractivity contribution in [3.05, 3.63) is 0 Å². The molecule has 1 fully saturated rings. The van der Waals surface area contributed by atoms with Crippen LogP contribution in [0.25, 0.3) is 0 Å². The second kappa shape index (κ2) is 5.04. The van der Waals surface area contributed by atoms with Gasteiger partial charge in [0.2, 0.25) is 0 Å². The molecule has 1 aliphatic heterocycles. The molecule has 0 unspecified atom stereocenters. The predicted molar refractivity (Wildman–Crippen MR) is 64.5 cm³/mol. The lowest BCUT2D eigenvalue weighted by molar-refractivity contribution is 0.0162. The van der Waals surface area contributed by atoms with E-state index in [-0.39, 0.29) is 12.1 Å². The van der Waals surface area contributed by atoms with Crippen LogP contribution in [-0.2, 0) is 4.74 Å². The number of likely N-dealkylation sites (N-methyl/N-ethyl adjacent to an activating group) is 1. The van der Waals surface area contributed by atoms with Gasteiger partial charge in [-0.3, -0.25) is 0 Å². The van der Waals surface area contributed by atoms with Crippen molar-refractivity contribution in [3.8, 4) is 0 Å². The average molecular weight is 228 g/mol. The van der Waals surface area contributed by atoms with Crippen LogP contribution in [-0.4, -0.2) is 42.3 Å². The quantitative estimate of drug-likeness (QED) is 0.746. The van der Waals surface area contributed by atoms with E-state index in [2.05, 4.69) is 12.2 Å². The van der Waals surface area contributed by atoms with E-state index in [1.807, 2.05) is 27.8 Å². The fraction of sp³-hybridized carbons (Fsp3) is 0.917. The van der Waals surface area contributed by atoms with Gasteiger partial charge in [0.25, 0.3) is 0 Å². The first-order valence-electron chi connectivity index (χ1n) is 6.00. The van der Waals surface area contributed by atoms with E-state index >= 15 is 0 Å². The van der Waals surface area contributed by atoms with E-state index < -0.39 is 5.60 Å². The van der Waals surface area contributed by atoms with Gasteiger partial charge in [0, 0.05) is 19.1 Å². The molecule has 0 aromatic carbocycles. The average Bonchev–Trinajstić information content (AvgIpc) is 2.15. The van der Waals surface area contributed by atoms with Gasteiger partial charge >= 0.3 is 6.09 Å². The standard InChI is InChI=1S/C12H24N2O2/c1-9-10(7-6-8-13-9)14(5)11(15)16-12(2,3)4/h9-10,13H,6-8H2,1-5H3/t9-,10+/m1/s1. The highest BCUT2D eigenvalue weighted by molar-refractivity contribution is 5.68. The van der Waals surface area contributed by atoms with E-state index in [4.69, 9.17) is 4.74 Å². The number of nitrogens with zero attached hydrogens (tertiary/aromatic N) is 1. The molecule has 1 aliphatic rings. The smallest absolute Gasteiger partial charge is 0.410 e. The Labute approximate surface area is 98.3 Å². The summed E-state index contributed by atoms with van der Waals surface area (Å²) in [7, 11) is 1.82. The van der Waals surface area contributed by atoms with Crippen molar-refractivity contribution in [2.24, 2.45) is 0 Å². The van der Waals surface area contributed by atoms with Gasteiger partial charge in [-0.25, -0.2) is 4.79 Å². The number of hydrogen-bond acceptors (Lipinski definition) is 3. The summed E-state index contributed by atoms with van der Waals surface area (Å²) < 4.78 is 5.36. The van der Waals surface area contributed by atoms with Gasteiger partial charge < -0.3 is 15.0 Å². The maximum absolute atomic E-state index is 11.9. The SMILES string of the molecule is C[C@H]1NCCC[C@@H]1N(C)C(=O)OC(C)(C)C. The second-order valence-electron chi connectivity index (χ2n) is 5.54. The van der Waals surface area contributed by atoms with Crippen molar-refractivity contribution in [1.29, 1.82) is 0 Å². The topological polar surface area (TPSA) is 41.6 Å². The van der Waals surface area contributed by atoms with E-state index in [9.17, 15) is 4.79 Å². The summed E-state index contributed by atoms with van der Waals surface area (Å²) in [4.78, 5) is 13.6. The number of hydrogen-bond donors (Lipinski definition) is 1. The highest BCUT2D eigenvalue weighted by Crippen LogP contribution is 2.17. The largest absolute Gasteiger partial charge is 0.444 e. The third kappa shape index (κ3) is 3.67. The number of ether oxygens (including phenoxy) is 1. The van der Waals surface area contributed by atoms with Crippen LogP contribution in [0.15, 0.2) is 0 Å². The van der Waals surface area contributed by atoms with Gasteiger partial charge in [0.1, 0.15) is 5.60 Å². The third-order valence-electron chi connectivity index (χ3n) is 2.90. The van der Waals surface area contributed by atoms with E-state index in [1.165, 1.54) is 0 Å². The molecule has 0 aromatic rings. The number of carbonyl (C=O) groups excluding carboxylic acids is 1. The number of carbonyl (C=O) groups is 1. The normalized spacial score (nSPS) is 26.3. The monoisotopic (exact) mass is 228 g/mol. The molecule has 0 saturated carbocycles. The third-order valence-corrected chi connectivity index (χ3v) is 2.90. The van der Waals surface area contributed by atoms with Gasteiger partial charge in [-0.05, 0) is 47.1 Å². The molecule has 1 N–H and O–H groups in total. The maximum Gasteiger partial charge on any atom is 0.410 e. The maximum atomic E-state index is 11.9. The minimum atomic E-state index is -0.420. The molecule has 4 heteroatoms. The van der Waals surface area contributed by atoms with Crippen LogP contribution < -0.4 is 5.32 Å². The Hall–Kier alpha value is -0.770. The van der Waals surface area contributed by atoms with Crippen LogP contribution in [0.1, 0.15) is 40.5 Å². The highest BCUT2D eigenvalue weighted by atomic mass is 16.6. The summed E-state index contributed by atoms with van der Waals surface area (Å²) in [5.41, 5.74) is -0.420. The first-order valence-corrected chi connectivity index (χ1v) is 6.00.